The molecule has 0 fully saturated rings. The summed E-state index contributed by atoms with van der Waals surface area (Å²) in [5.74, 6) is -1.64. The lowest BCUT2D eigenvalue weighted by Gasteiger charge is -2.15. The molecule has 2 aromatic rings. The number of ether oxygens (including phenoxy) is 1. The Morgan fingerprint density at radius 1 is 1.16 bits per heavy atom. The van der Waals surface area contributed by atoms with Crippen molar-refractivity contribution in [3.05, 3.63) is 70.0 Å². The first-order chi connectivity index (χ1) is 11.9. The highest BCUT2D eigenvalue weighted by Crippen LogP contribution is 2.14. The molecular formula is C16H14FN3O5. The number of amides is 2. The van der Waals surface area contributed by atoms with Crippen molar-refractivity contribution in [3.8, 4) is 5.75 Å². The van der Waals surface area contributed by atoms with E-state index in [0.717, 1.165) is 6.07 Å². The summed E-state index contributed by atoms with van der Waals surface area (Å²) in [6.07, 6.45) is -0.987. The van der Waals surface area contributed by atoms with Crippen molar-refractivity contribution in [2.45, 2.75) is 13.0 Å². The number of hydrogen-bond donors (Lipinski definition) is 2. The number of nitro benzene ring substituents is 1. The van der Waals surface area contributed by atoms with Crippen LogP contribution >= 0.6 is 0 Å². The maximum atomic E-state index is 13.1. The minimum Gasteiger partial charge on any atom is -0.481 e. The van der Waals surface area contributed by atoms with E-state index in [0.29, 0.717) is 0 Å². The summed E-state index contributed by atoms with van der Waals surface area (Å²) >= 11 is 0. The highest BCUT2D eigenvalue weighted by Gasteiger charge is 2.16. The maximum absolute atomic E-state index is 13.1. The van der Waals surface area contributed by atoms with Crippen LogP contribution in [0.25, 0.3) is 0 Å². The molecule has 25 heavy (non-hydrogen) atoms. The van der Waals surface area contributed by atoms with Crippen LogP contribution in [0.5, 0.6) is 5.75 Å². The Hall–Kier alpha value is -3.49. The van der Waals surface area contributed by atoms with Crippen LogP contribution in [-0.4, -0.2) is 22.8 Å². The van der Waals surface area contributed by atoms with Crippen LogP contribution in [0.1, 0.15) is 17.3 Å². The van der Waals surface area contributed by atoms with Crippen molar-refractivity contribution in [3.63, 3.8) is 0 Å². The number of halogens is 1. The Bertz CT molecular complexity index is 795. The molecule has 0 aromatic heterocycles. The molecule has 2 N–H and O–H groups in total. The Morgan fingerprint density at radius 3 is 2.44 bits per heavy atom. The van der Waals surface area contributed by atoms with E-state index in [1.54, 1.807) is 0 Å². The maximum Gasteiger partial charge on any atom is 0.279 e. The first kappa shape index (κ1) is 17.9. The van der Waals surface area contributed by atoms with Crippen LogP contribution in [0.3, 0.4) is 0 Å². The second kappa shape index (κ2) is 7.86. The zero-order valence-electron chi connectivity index (χ0n) is 13.1. The third-order valence-corrected chi connectivity index (χ3v) is 3.12. The Morgan fingerprint density at radius 2 is 1.84 bits per heavy atom. The Labute approximate surface area is 141 Å². The number of rotatable bonds is 5. The molecule has 1 unspecified atom stereocenters. The molecule has 0 spiro atoms. The van der Waals surface area contributed by atoms with Gasteiger partial charge in [0.1, 0.15) is 11.6 Å². The predicted molar refractivity (Wildman–Crippen MR) is 85.2 cm³/mol. The standard InChI is InChI=1S/C16H14FN3O5/c1-10(25-14-4-2-3-12(17)9-14)15(21)18-19-16(22)11-5-7-13(8-6-11)20(23)24/h2-10H,1H3,(H,18,21)(H,19,22). The lowest BCUT2D eigenvalue weighted by atomic mass is 10.2. The van der Waals surface area contributed by atoms with Crippen LogP contribution in [0.15, 0.2) is 48.5 Å². The molecule has 2 rings (SSSR count). The first-order valence-corrected chi connectivity index (χ1v) is 7.13. The fraction of sp³-hybridized carbons (Fsp3) is 0.125. The molecule has 0 aliphatic heterocycles. The summed E-state index contributed by atoms with van der Waals surface area (Å²) in [7, 11) is 0. The van der Waals surface area contributed by atoms with Crippen molar-refractivity contribution in [2.24, 2.45) is 0 Å². The summed E-state index contributed by atoms with van der Waals surface area (Å²) in [5.41, 5.74) is 4.30. The molecule has 130 valence electrons. The van der Waals surface area contributed by atoms with Crippen molar-refractivity contribution in [2.75, 3.05) is 0 Å². The fourth-order valence-corrected chi connectivity index (χ4v) is 1.82. The van der Waals surface area contributed by atoms with Crippen LogP contribution in [-0.2, 0) is 4.79 Å². The topological polar surface area (TPSA) is 111 Å². The number of carbonyl (C=O) groups is 2. The zero-order valence-corrected chi connectivity index (χ0v) is 13.1. The third-order valence-electron chi connectivity index (χ3n) is 3.12. The van der Waals surface area contributed by atoms with Gasteiger partial charge in [-0.2, -0.15) is 0 Å². The van der Waals surface area contributed by atoms with E-state index in [9.17, 15) is 24.1 Å². The molecule has 2 amide bonds. The van der Waals surface area contributed by atoms with Gasteiger partial charge in [0.2, 0.25) is 0 Å². The first-order valence-electron chi connectivity index (χ1n) is 7.13. The molecule has 9 heteroatoms. The van der Waals surface area contributed by atoms with Gasteiger partial charge >= 0.3 is 0 Å². The van der Waals surface area contributed by atoms with E-state index in [-0.39, 0.29) is 17.0 Å². The van der Waals surface area contributed by atoms with Gasteiger partial charge in [-0.25, -0.2) is 4.39 Å². The smallest absolute Gasteiger partial charge is 0.279 e. The molecule has 0 saturated carbocycles. The van der Waals surface area contributed by atoms with Gasteiger partial charge in [0.05, 0.1) is 4.92 Å². The highest BCUT2D eigenvalue weighted by atomic mass is 19.1. The molecule has 8 nitrogen and oxygen atoms in total. The lowest BCUT2D eigenvalue weighted by Crippen LogP contribution is -2.47. The molecule has 0 saturated heterocycles. The SMILES string of the molecule is CC(Oc1cccc(F)c1)C(=O)NNC(=O)c1ccc([N+](=O)[O-])cc1. The average molecular weight is 347 g/mol. The summed E-state index contributed by atoms with van der Waals surface area (Å²) in [4.78, 5) is 33.7. The number of nitrogens with zero attached hydrogens (tertiary/aromatic N) is 1. The molecule has 0 bridgehead atoms. The number of non-ortho nitro benzene ring substituents is 1. The number of hydrazine groups is 1. The summed E-state index contributed by atoms with van der Waals surface area (Å²) in [6, 6.07) is 10.1. The summed E-state index contributed by atoms with van der Waals surface area (Å²) in [5, 5.41) is 10.6. The fourth-order valence-electron chi connectivity index (χ4n) is 1.82. The van der Waals surface area contributed by atoms with Crippen molar-refractivity contribution in [1.29, 1.82) is 0 Å². The second-order valence-electron chi connectivity index (χ2n) is 4.96. The number of hydrogen-bond acceptors (Lipinski definition) is 5. The lowest BCUT2D eigenvalue weighted by molar-refractivity contribution is -0.384. The van der Waals surface area contributed by atoms with Gasteiger partial charge < -0.3 is 4.74 Å². The highest BCUT2D eigenvalue weighted by molar-refractivity contribution is 5.95. The van der Waals surface area contributed by atoms with Crippen molar-refractivity contribution < 1.29 is 23.6 Å². The molecule has 0 aliphatic carbocycles. The van der Waals surface area contributed by atoms with Crippen LogP contribution < -0.4 is 15.6 Å². The quantitative estimate of drug-likeness (QED) is 0.634. The molecule has 0 aliphatic rings. The van der Waals surface area contributed by atoms with E-state index < -0.39 is 28.7 Å². The Kier molecular flexibility index (Phi) is 5.62. The van der Waals surface area contributed by atoms with Gasteiger partial charge in [-0.15, -0.1) is 0 Å². The van der Waals surface area contributed by atoms with Crippen molar-refractivity contribution in [1.82, 2.24) is 10.9 Å². The average Bonchev–Trinajstić information content (AvgIpc) is 2.59. The number of nitro groups is 1. The number of carbonyl (C=O) groups excluding carboxylic acids is 2. The van der Waals surface area contributed by atoms with Gasteiger partial charge in [-0.1, -0.05) is 6.07 Å². The van der Waals surface area contributed by atoms with Gasteiger partial charge in [0.15, 0.2) is 6.10 Å². The minimum absolute atomic E-state index is 0.129. The van der Waals surface area contributed by atoms with Gasteiger partial charge in [0, 0.05) is 23.8 Å². The third kappa shape index (κ3) is 4.99. The van der Waals surface area contributed by atoms with Gasteiger partial charge in [-0.3, -0.25) is 30.6 Å². The summed E-state index contributed by atoms with van der Waals surface area (Å²) < 4.78 is 18.3. The minimum atomic E-state index is -0.987. The monoisotopic (exact) mass is 347 g/mol. The molecule has 2 aromatic carbocycles. The number of benzene rings is 2. The van der Waals surface area contributed by atoms with Crippen LogP contribution in [0, 0.1) is 15.9 Å². The van der Waals surface area contributed by atoms with E-state index in [2.05, 4.69) is 10.9 Å². The van der Waals surface area contributed by atoms with Crippen LogP contribution in [0.2, 0.25) is 0 Å². The molecule has 0 radical (unpaired) electrons. The second-order valence-corrected chi connectivity index (χ2v) is 4.96. The molecule has 0 heterocycles. The van der Waals surface area contributed by atoms with E-state index in [4.69, 9.17) is 4.74 Å². The normalized spacial score (nSPS) is 11.3. The molecule has 1 atom stereocenters. The van der Waals surface area contributed by atoms with Gasteiger partial charge in [0.25, 0.3) is 17.5 Å². The van der Waals surface area contributed by atoms with E-state index in [1.807, 2.05) is 0 Å². The largest absolute Gasteiger partial charge is 0.481 e. The molecular weight excluding hydrogens is 333 g/mol. The van der Waals surface area contributed by atoms with Gasteiger partial charge in [-0.05, 0) is 31.2 Å². The zero-order chi connectivity index (χ0) is 18.4. The Balaban J connectivity index is 1.87. The van der Waals surface area contributed by atoms with E-state index >= 15 is 0 Å². The predicted octanol–water partition coefficient (Wildman–Crippen LogP) is 1.96. The number of nitrogens with one attached hydrogen (secondary N) is 2. The van der Waals surface area contributed by atoms with Crippen molar-refractivity contribution >= 4 is 17.5 Å². The van der Waals surface area contributed by atoms with Crippen LogP contribution in [0.4, 0.5) is 10.1 Å². The summed E-state index contributed by atoms with van der Waals surface area (Å²) in [6.45, 7) is 1.43. The van der Waals surface area contributed by atoms with E-state index in [1.165, 1.54) is 49.4 Å².